The van der Waals surface area contributed by atoms with Gasteiger partial charge in [-0.3, -0.25) is 4.79 Å². The zero-order chi connectivity index (χ0) is 20.2. The van der Waals surface area contributed by atoms with Gasteiger partial charge in [0.1, 0.15) is 35.2 Å². The number of rotatable bonds is 6. The van der Waals surface area contributed by atoms with Gasteiger partial charge in [-0.25, -0.2) is 14.4 Å². The van der Waals surface area contributed by atoms with Gasteiger partial charge in [0, 0.05) is 25.7 Å². The largest absolute Gasteiger partial charge is 0.377 e. The normalized spacial score (nSPS) is 16.6. The van der Waals surface area contributed by atoms with Crippen molar-refractivity contribution in [2.75, 3.05) is 29.9 Å². The van der Waals surface area contributed by atoms with Gasteiger partial charge in [0.2, 0.25) is 0 Å². The molecule has 3 heterocycles. The number of Topliss-reactive ketones (excluding diaryl/α,β-unsaturated/α-hetero) is 1. The van der Waals surface area contributed by atoms with Gasteiger partial charge in [-0.2, -0.15) is 5.26 Å². The molecule has 0 unspecified atom stereocenters. The van der Waals surface area contributed by atoms with E-state index in [9.17, 15) is 9.18 Å². The highest BCUT2D eigenvalue weighted by Gasteiger charge is 2.24. The van der Waals surface area contributed by atoms with Crippen LogP contribution in [0.15, 0.2) is 36.8 Å². The number of aromatic amines is 1. The molecule has 1 aromatic carbocycles. The Morgan fingerprint density at radius 3 is 3.14 bits per heavy atom. The molecule has 0 radical (unpaired) electrons. The molecule has 2 N–H and O–H groups in total. The maximum absolute atomic E-state index is 13.7. The van der Waals surface area contributed by atoms with Gasteiger partial charge in [0.25, 0.3) is 0 Å². The van der Waals surface area contributed by atoms with Crippen molar-refractivity contribution in [1.82, 2.24) is 15.0 Å². The second-order valence-electron chi connectivity index (χ2n) is 7.26. The minimum absolute atomic E-state index is 0.0412. The Balaban J connectivity index is 1.37. The molecule has 1 aliphatic heterocycles. The summed E-state index contributed by atoms with van der Waals surface area (Å²) in [7, 11) is 0. The van der Waals surface area contributed by atoms with E-state index in [4.69, 9.17) is 5.26 Å². The van der Waals surface area contributed by atoms with Gasteiger partial charge < -0.3 is 15.2 Å². The van der Waals surface area contributed by atoms with E-state index in [0.29, 0.717) is 12.1 Å². The fraction of sp³-hybridized carbons (Fsp3) is 0.333. The fourth-order valence-corrected chi connectivity index (χ4v) is 3.91. The van der Waals surface area contributed by atoms with E-state index in [0.717, 1.165) is 42.8 Å². The van der Waals surface area contributed by atoms with Crippen molar-refractivity contribution in [3.05, 3.63) is 48.2 Å². The summed E-state index contributed by atoms with van der Waals surface area (Å²) in [5, 5.41) is 13.0. The molecule has 4 rings (SSSR count). The van der Waals surface area contributed by atoms with Crippen molar-refractivity contribution in [2.24, 2.45) is 5.92 Å². The number of anilines is 2. The lowest BCUT2D eigenvalue weighted by molar-refractivity contribution is -0.118. The third kappa shape index (κ3) is 4.04. The Bertz CT molecular complexity index is 1070. The van der Waals surface area contributed by atoms with Gasteiger partial charge in [-0.05, 0) is 37.0 Å². The number of H-pyrrole nitrogens is 1. The second-order valence-corrected chi connectivity index (χ2v) is 7.26. The summed E-state index contributed by atoms with van der Waals surface area (Å²) < 4.78 is 13.7. The molecule has 2 aromatic heterocycles. The minimum Gasteiger partial charge on any atom is -0.377 e. The monoisotopic (exact) mass is 392 g/mol. The van der Waals surface area contributed by atoms with Crippen LogP contribution in [0.5, 0.6) is 0 Å². The molecule has 8 heteroatoms. The number of nitrogens with one attached hydrogen (secondary N) is 2. The number of hydrogen-bond acceptors (Lipinski definition) is 6. The molecule has 7 nitrogen and oxygen atoms in total. The van der Waals surface area contributed by atoms with Crippen molar-refractivity contribution >= 4 is 28.3 Å². The summed E-state index contributed by atoms with van der Waals surface area (Å²) in [6, 6.07) is 8.16. The van der Waals surface area contributed by atoms with E-state index in [1.807, 2.05) is 18.3 Å². The number of halogens is 1. The molecule has 1 fully saturated rings. The number of benzene rings is 1. The number of nitriles is 1. The second kappa shape index (κ2) is 8.27. The van der Waals surface area contributed by atoms with Crippen LogP contribution in [0.2, 0.25) is 0 Å². The molecule has 0 spiro atoms. The first-order chi connectivity index (χ1) is 14.2. The SMILES string of the molecule is N#Cc1c(F)cccc1NCC(=O)C[C@@H]1CCCN(c2ncnc3[nH]ccc23)C1. The van der Waals surface area contributed by atoms with E-state index < -0.39 is 5.82 Å². The van der Waals surface area contributed by atoms with Crippen LogP contribution in [0.25, 0.3) is 11.0 Å². The maximum atomic E-state index is 13.7. The molecule has 1 aliphatic rings. The molecule has 1 atom stereocenters. The molecule has 29 heavy (non-hydrogen) atoms. The van der Waals surface area contributed by atoms with Gasteiger partial charge in [-0.1, -0.05) is 6.07 Å². The Kier molecular flexibility index (Phi) is 5.38. The van der Waals surface area contributed by atoms with E-state index in [-0.39, 0.29) is 23.8 Å². The van der Waals surface area contributed by atoms with E-state index in [2.05, 4.69) is 25.2 Å². The van der Waals surface area contributed by atoms with Crippen LogP contribution in [0, 0.1) is 23.1 Å². The minimum atomic E-state index is -0.589. The van der Waals surface area contributed by atoms with Gasteiger partial charge >= 0.3 is 0 Å². The van der Waals surface area contributed by atoms with E-state index in [1.54, 1.807) is 12.4 Å². The molecular weight excluding hydrogens is 371 g/mol. The van der Waals surface area contributed by atoms with Crippen LogP contribution >= 0.6 is 0 Å². The maximum Gasteiger partial charge on any atom is 0.152 e. The van der Waals surface area contributed by atoms with Crippen molar-refractivity contribution in [3.63, 3.8) is 0 Å². The highest BCUT2D eigenvalue weighted by molar-refractivity contribution is 5.87. The first kappa shape index (κ1) is 18.9. The molecule has 3 aromatic rings. The third-order valence-electron chi connectivity index (χ3n) is 5.27. The Morgan fingerprint density at radius 1 is 1.38 bits per heavy atom. The lowest BCUT2D eigenvalue weighted by Crippen LogP contribution is -2.37. The van der Waals surface area contributed by atoms with Crippen LogP contribution in [0.4, 0.5) is 15.9 Å². The lowest BCUT2D eigenvalue weighted by Gasteiger charge is -2.33. The topological polar surface area (TPSA) is 97.7 Å². The van der Waals surface area contributed by atoms with Crippen LogP contribution in [0.3, 0.4) is 0 Å². The molecule has 0 saturated carbocycles. The Hall–Kier alpha value is -3.47. The highest BCUT2D eigenvalue weighted by atomic mass is 19.1. The lowest BCUT2D eigenvalue weighted by atomic mass is 9.92. The van der Waals surface area contributed by atoms with Gasteiger partial charge in [0.15, 0.2) is 5.78 Å². The molecule has 1 saturated heterocycles. The highest BCUT2D eigenvalue weighted by Crippen LogP contribution is 2.28. The quantitative estimate of drug-likeness (QED) is 0.668. The van der Waals surface area contributed by atoms with Crippen LogP contribution in [0.1, 0.15) is 24.8 Å². The summed E-state index contributed by atoms with van der Waals surface area (Å²) in [5.41, 5.74) is 1.09. The predicted octanol–water partition coefficient (Wildman–Crippen LogP) is 3.26. The third-order valence-corrected chi connectivity index (χ3v) is 5.27. The van der Waals surface area contributed by atoms with Crippen LogP contribution in [-0.4, -0.2) is 40.4 Å². The molecular formula is C21H21FN6O. The summed E-state index contributed by atoms with van der Waals surface area (Å²) in [5.74, 6) is 0.572. The zero-order valence-corrected chi connectivity index (χ0v) is 15.9. The van der Waals surface area contributed by atoms with Crippen molar-refractivity contribution < 1.29 is 9.18 Å². The fourth-order valence-electron chi connectivity index (χ4n) is 3.91. The number of nitrogens with zero attached hydrogens (tertiary/aromatic N) is 4. The first-order valence-electron chi connectivity index (χ1n) is 9.63. The first-order valence-corrected chi connectivity index (χ1v) is 9.63. The van der Waals surface area contributed by atoms with Crippen LogP contribution in [-0.2, 0) is 4.79 Å². The molecule has 0 amide bonds. The average molecular weight is 392 g/mol. The number of carbonyl (C=O) groups excluding carboxylic acids is 1. The number of hydrogen-bond donors (Lipinski definition) is 2. The smallest absolute Gasteiger partial charge is 0.152 e. The van der Waals surface area contributed by atoms with Crippen molar-refractivity contribution in [3.8, 4) is 6.07 Å². The number of carbonyl (C=O) groups is 1. The number of piperidine rings is 1. The molecule has 0 bridgehead atoms. The number of ketones is 1. The molecule has 148 valence electrons. The predicted molar refractivity (Wildman–Crippen MR) is 108 cm³/mol. The Morgan fingerprint density at radius 2 is 2.28 bits per heavy atom. The standard InChI is InChI=1S/C21H21FN6O/c22-18-4-1-5-19(17(18)10-23)25-11-15(29)9-14-3-2-8-28(12-14)21-16-6-7-24-20(16)26-13-27-21/h1,4-7,13-14,25H,2-3,8-9,11-12H2,(H,24,26,27)/t14-/m0/s1. The van der Waals surface area contributed by atoms with Gasteiger partial charge in [0.05, 0.1) is 17.6 Å². The summed E-state index contributed by atoms with van der Waals surface area (Å²) in [6.07, 6.45) is 5.80. The van der Waals surface area contributed by atoms with Crippen molar-refractivity contribution in [2.45, 2.75) is 19.3 Å². The summed E-state index contributed by atoms with van der Waals surface area (Å²) in [6.45, 7) is 1.73. The van der Waals surface area contributed by atoms with Gasteiger partial charge in [-0.15, -0.1) is 0 Å². The number of aromatic nitrogens is 3. The molecule has 0 aliphatic carbocycles. The number of fused-ring (bicyclic) bond motifs is 1. The zero-order valence-electron chi connectivity index (χ0n) is 15.9. The Labute approximate surface area is 167 Å². The average Bonchev–Trinajstić information content (AvgIpc) is 3.21. The summed E-state index contributed by atoms with van der Waals surface area (Å²) >= 11 is 0. The summed E-state index contributed by atoms with van der Waals surface area (Å²) in [4.78, 5) is 26.5. The van der Waals surface area contributed by atoms with Crippen LogP contribution < -0.4 is 10.2 Å². The van der Waals surface area contributed by atoms with E-state index >= 15 is 0 Å². The van der Waals surface area contributed by atoms with E-state index in [1.165, 1.54) is 12.1 Å². The van der Waals surface area contributed by atoms with Crippen molar-refractivity contribution in [1.29, 1.82) is 5.26 Å².